The van der Waals surface area contributed by atoms with Crippen molar-refractivity contribution in [1.29, 1.82) is 0 Å². The number of hydrogen-bond donors (Lipinski definition) is 1. The lowest BCUT2D eigenvalue weighted by atomic mass is 9.81. The van der Waals surface area contributed by atoms with Crippen molar-refractivity contribution in [2.24, 2.45) is 5.41 Å². The molecule has 0 spiro atoms. The van der Waals surface area contributed by atoms with Crippen LogP contribution in [0, 0.1) is 11.2 Å². The maximum Gasteiger partial charge on any atom is 0.124 e. The van der Waals surface area contributed by atoms with E-state index in [2.05, 4.69) is 46.9 Å². The van der Waals surface area contributed by atoms with Crippen molar-refractivity contribution >= 4 is 40.7 Å². The normalized spacial score (nSPS) is 17.6. The Morgan fingerprint density at radius 3 is 2.24 bits per heavy atom. The lowest BCUT2D eigenvalue weighted by Crippen LogP contribution is -2.48. The number of rotatable bonds is 2. The molecule has 0 amide bonds. The van der Waals surface area contributed by atoms with E-state index >= 15 is 0 Å². The maximum absolute atomic E-state index is 13.3. The molecule has 1 aromatic rings. The third kappa shape index (κ3) is 5.36. The molecule has 1 N–H and O–H groups in total. The van der Waals surface area contributed by atoms with Crippen LogP contribution in [-0.4, -0.2) is 31.1 Å². The quantitative estimate of drug-likeness (QED) is 0.788. The molecule has 122 valence electrons. The number of nitrogens with zero attached hydrogens (tertiary/aromatic N) is 1. The summed E-state index contributed by atoms with van der Waals surface area (Å²) in [7, 11) is 0. The van der Waals surface area contributed by atoms with Crippen LogP contribution in [0.2, 0.25) is 0 Å². The Bertz CT molecular complexity index is 446. The molecule has 0 aliphatic carbocycles. The van der Waals surface area contributed by atoms with Gasteiger partial charge in [-0.25, -0.2) is 4.39 Å². The summed E-state index contributed by atoms with van der Waals surface area (Å²) in [6.07, 6.45) is 0. The van der Waals surface area contributed by atoms with Gasteiger partial charge in [-0.15, -0.1) is 24.8 Å². The highest BCUT2D eigenvalue weighted by Crippen LogP contribution is 2.41. The highest BCUT2D eigenvalue weighted by molar-refractivity contribution is 9.10. The zero-order valence-electron chi connectivity index (χ0n) is 12.7. The van der Waals surface area contributed by atoms with E-state index in [-0.39, 0.29) is 36.0 Å². The topological polar surface area (TPSA) is 15.3 Å². The summed E-state index contributed by atoms with van der Waals surface area (Å²) in [6, 6.07) is 5.33. The molecule has 2 nitrogen and oxygen atoms in total. The smallest absolute Gasteiger partial charge is 0.124 e. The molecule has 1 fully saturated rings. The summed E-state index contributed by atoms with van der Waals surface area (Å²) in [5.41, 5.74) is 1.29. The van der Waals surface area contributed by atoms with Gasteiger partial charge in [0.05, 0.1) is 0 Å². The number of hydrogen-bond acceptors (Lipinski definition) is 2. The SMILES string of the molecule is CC(C)(C)[C@@H](c1ccc(F)cc1Br)N1CCNCC1.Cl.Cl. The van der Waals surface area contributed by atoms with Crippen LogP contribution in [0.15, 0.2) is 22.7 Å². The largest absolute Gasteiger partial charge is 0.314 e. The van der Waals surface area contributed by atoms with Crippen LogP contribution in [0.1, 0.15) is 32.4 Å². The van der Waals surface area contributed by atoms with Gasteiger partial charge in [0.1, 0.15) is 5.82 Å². The second-order valence-electron chi connectivity index (χ2n) is 6.22. The minimum atomic E-state index is -0.191. The van der Waals surface area contributed by atoms with Gasteiger partial charge in [0.2, 0.25) is 0 Å². The fraction of sp³-hybridized carbons (Fsp3) is 0.600. The Morgan fingerprint density at radius 1 is 1.19 bits per heavy atom. The highest BCUT2D eigenvalue weighted by atomic mass is 79.9. The van der Waals surface area contributed by atoms with Crippen LogP contribution in [0.5, 0.6) is 0 Å². The monoisotopic (exact) mass is 400 g/mol. The lowest BCUT2D eigenvalue weighted by Gasteiger charge is -2.43. The number of benzene rings is 1. The van der Waals surface area contributed by atoms with E-state index in [4.69, 9.17) is 0 Å². The molecule has 1 saturated heterocycles. The molecule has 0 radical (unpaired) electrons. The van der Waals surface area contributed by atoms with Crippen molar-refractivity contribution in [2.75, 3.05) is 26.2 Å². The Morgan fingerprint density at radius 2 is 1.76 bits per heavy atom. The molecule has 1 aromatic carbocycles. The number of halogens is 4. The fourth-order valence-corrected chi connectivity index (χ4v) is 3.44. The molecule has 6 heteroatoms. The van der Waals surface area contributed by atoms with E-state index in [1.165, 1.54) is 5.56 Å². The first-order valence-electron chi connectivity index (χ1n) is 6.79. The van der Waals surface area contributed by atoms with Gasteiger partial charge in [0.25, 0.3) is 0 Å². The molecule has 1 aliphatic heterocycles. The van der Waals surface area contributed by atoms with E-state index in [0.717, 1.165) is 30.7 Å². The standard InChI is InChI=1S/C15H22BrFN2.2ClH/c1-15(2,3)14(19-8-6-18-7-9-19)12-5-4-11(17)10-13(12)16;;/h4-5,10,14,18H,6-9H2,1-3H3;2*1H/t14-;;/m1../s1. The average molecular weight is 402 g/mol. The molecule has 0 aromatic heterocycles. The van der Waals surface area contributed by atoms with Crippen molar-refractivity contribution in [1.82, 2.24) is 10.2 Å². The minimum absolute atomic E-state index is 0. The van der Waals surface area contributed by atoms with E-state index in [1.807, 2.05) is 6.07 Å². The summed E-state index contributed by atoms with van der Waals surface area (Å²) in [4.78, 5) is 2.49. The minimum Gasteiger partial charge on any atom is -0.314 e. The van der Waals surface area contributed by atoms with E-state index in [0.29, 0.717) is 6.04 Å². The Kier molecular flexibility index (Phi) is 8.74. The Balaban J connectivity index is 0.00000200. The maximum atomic E-state index is 13.3. The summed E-state index contributed by atoms with van der Waals surface area (Å²) < 4.78 is 14.2. The van der Waals surface area contributed by atoms with Crippen LogP contribution in [0.25, 0.3) is 0 Å². The molecular formula is C15H24BrCl2FN2. The van der Waals surface area contributed by atoms with Gasteiger partial charge in [0.15, 0.2) is 0 Å². The highest BCUT2D eigenvalue weighted by Gasteiger charge is 2.33. The third-order valence-corrected chi connectivity index (χ3v) is 4.28. The van der Waals surface area contributed by atoms with E-state index in [9.17, 15) is 4.39 Å². The van der Waals surface area contributed by atoms with E-state index in [1.54, 1.807) is 12.1 Å². The molecule has 0 bridgehead atoms. The van der Waals surface area contributed by atoms with Gasteiger partial charge in [-0.05, 0) is 23.1 Å². The number of nitrogens with one attached hydrogen (secondary N) is 1. The van der Waals surface area contributed by atoms with Gasteiger partial charge in [-0.2, -0.15) is 0 Å². The predicted octanol–water partition coefficient (Wildman–Crippen LogP) is 4.42. The van der Waals surface area contributed by atoms with Crippen molar-refractivity contribution < 1.29 is 4.39 Å². The third-order valence-electron chi connectivity index (χ3n) is 3.59. The molecule has 2 rings (SSSR count). The van der Waals surface area contributed by atoms with Crippen molar-refractivity contribution in [3.8, 4) is 0 Å². The van der Waals surface area contributed by atoms with Gasteiger partial charge in [0, 0.05) is 36.7 Å². The average Bonchev–Trinajstić information content (AvgIpc) is 2.32. The molecule has 0 saturated carbocycles. The summed E-state index contributed by atoms with van der Waals surface area (Å²) in [5, 5.41) is 3.38. The lowest BCUT2D eigenvalue weighted by molar-refractivity contribution is 0.0856. The van der Waals surface area contributed by atoms with Gasteiger partial charge >= 0.3 is 0 Å². The summed E-state index contributed by atoms with van der Waals surface area (Å²) in [5.74, 6) is -0.191. The Hall–Kier alpha value is 0.130. The second-order valence-corrected chi connectivity index (χ2v) is 7.07. The van der Waals surface area contributed by atoms with Crippen LogP contribution in [0.3, 0.4) is 0 Å². The zero-order chi connectivity index (χ0) is 14.0. The van der Waals surface area contributed by atoms with Crippen molar-refractivity contribution in [2.45, 2.75) is 26.8 Å². The van der Waals surface area contributed by atoms with Crippen LogP contribution < -0.4 is 5.32 Å². The molecule has 1 heterocycles. The molecule has 0 unspecified atom stereocenters. The first-order valence-corrected chi connectivity index (χ1v) is 7.58. The van der Waals surface area contributed by atoms with Gasteiger partial charge < -0.3 is 5.32 Å². The predicted molar refractivity (Wildman–Crippen MR) is 95.2 cm³/mol. The first kappa shape index (κ1) is 21.1. The number of piperazine rings is 1. The second kappa shape index (κ2) is 8.68. The van der Waals surface area contributed by atoms with Crippen LogP contribution >= 0.6 is 40.7 Å². The van der Waals surface area contributed by atoms with Gasteiger partial charge in [-0.3, -0.25) is 4.90 Å². The van der Waals surface area contributed by atoms with Crippen LogP contribution in [0.4, 0.5) is 4.39 Å². The van der Waals surface area contributed by atoms with Crippen molar-refractivity contribution in [3.05, 3.63) is 34.1 Å². The fourth-order valence-electron chi connectivity index (χ4n) is 2.87. The molecular weight excluding hydrogens is 378 g/mol. The Labute approximate surface area is 147 Å². The van der Waals surface area contributed by atoms with Crippen molar-refractivity contribution in [3.63, 3.8) is 0 Å². The zero-order valence-corrected chi connectivity index (χ0v) is 15.9. The molecule has 1 atom stereocenters. The van der Waals surface area contributed by atoms with Crippen LogP contribution in [-0.2, 0) is 0 Å². The first-order chi connectivity index (χ1) is 8.89. The van der Waals surface area contributed by atoms with E-state index < -0.39 is 0 Å². The summed E-state index contributed by atoms with van der Waals surface area (Å²) >= 11 is 3.52. The van der Waals surface area contributed by atoms with Gasteiger partial charge in [-0.1, -0.05) is 42.8 Å². The molecule has 21 heavy (non-hydrogen) atoms. The molecule has 1 aliphatic rings. The summed E-state index contributed by atoms with van der Waals surface area (Å²) in [6.45, 7) is 10.8.